The molecule has 4 heterocycles. The molecule has 32 heavy (non-hydrogen) atoms. The summed E-state index contributed by atoms with van der Waals surface area (Å²) in [5.41, 5.74) is 2.10. The SMILES string of the molecule is O=C1CCC(n2c(=O)oc3cc(N4CCN(CCC5CCNCC5)CC4)ccc32)C(=O)N1. The van der Waals surface area contributed by atoms with Crippen molar-refractivity contribution in [3.63, 3.8) is 0 Å². The van der Waals surface area contributed by atoms with Gasteiger partial charge in [0.2, 0.25) is 11.8 Å². The van der Waals surface area contributed by atoms with E-state index in [0.717, 1.165) is 50.9 Å². The van der Waals surface area contributed by atoms with Crippen molar-refractivity contribution in [2.45, 2.75) is 38.1 Å². The van der Waals surface area contributed by atoms with Gasteiger partial charge in [-0.25, -0.2) is 4.79 Å². The van der Waals surface area contributed by atoms with Crippen molar-refractivity contribution in [2.75, 3.05) is 50.7 Å². The number of carbonyl (C=O) groups excluding carboxylic acids is 2. The van der Waals surface area contributed by atoms with Crippen molar-refractivity contribution in [1.29, 1.82) is 0 Å². The molecule has 0 radical (unpaired) electrons. The Morgan fingerprint density at radius 1 is 1.00 bits per heavy atom. The van der Waals surface area contributed by atoms with Gasteiger partial charge in [0.05, 0.1) is 5.52 Å². The highest BCUT2D eigenvalue weighted by Gasteiger charge is 2.31. The number of hydrogen-bond donors (Lipinski definition) is 2. The molecular formula is C23H31N5O4. The van der Waals surface area contributed by atoms with Crippen molar-refractivity contribution >= 4 is 28.6 Å². The molecule has 0 spiro atoms. The van der Waals surface area contributed by atoms with Gasteiger partial charge in [0, 0.05) is 44.4 Å². The molecule has 2 amide bonds. The minimum Gasteiger partial charge on any atom is -0.408 e. The molecule has 2 aromatic rings. The number of hydrogen-bond acceptors (Lipinski definition) is 7. The lowest BCUT2D eigenvalue weighted by Gasteiger charge is -2.37. The van der Waals surface area contributed by atoms with E-state index in [9.17, 15) is 14.4 Å². The van der Waals surface area contributed by atoms with Crippen LogP contribution in [0, 0.1) is 5.92 Å². The van der Waals surface area contributed by atoms with E-state index in [-0.39, 0.29) is 12.3 Å². The monoisotopic (exact) mass is 441 g/mol. The number of rotatable bonds is 5. The fraction of sp³-hybridized carbons (Fsp3) is 0.609. The third-order valence-electron chi connectivity index (χ3n) is 7.17. The molecular weight excluding hydrogens is 410 g/mol. The van der Waals surface area contributed by atoms with E-state index in [4.69, 9.17) is 4.42 Å². The number of oxazole rings is 1. The van der Waals surface area contributed by atoms with Gasteiger partial charge >= 0.3 is 5.76 Å². The zero-order valence-electron chi connectivity index (χ0n) is 18.3. The Balaban J connectivity index is 1.23. The largest absolute Gasteiger partial charge is 0.420 e. The number of fused-ring (bicyclic) bond motifs is 1. The summed E-state index contributed by atoms with van der Waals surface area (Å²) in [5.74, 6) is -0.456. The number of nitrogens with one attached hydrogen (secondary N) is 2. The van der Waals surface area contributed by atoms with Gasteiger partial charge in [-0.1, -0.05) is 0 Å². The van der Waals surface area contributed by atoms with Crippen LogP contribution in [0.2, 0.25) is 0 Å². The second-order valence-corrected chi connectivity index (χ2v) is 9.17. The van der Waals surface area contributed by atoms with Crippen LogP contribution >= 0.6 is 0 Å². The van der Waals surface area contributed by atoms with Gasteiger partial charge in [0.1, 0.15) is 6.04 Å². The predicted octanol–water partition coefficient (Wildman–Crippen LogP) is 1.08. The standard InChI is InChI=1S/C23H31N5O4/c29-21-4-3-19(22(30)25-21)28-18-2-1-17(15-20(18)32-23(28)31)27-13-11-26(12-14-27)10-7-16-5-8-24-9-6-16/h1-2,15-16,19,24H,3-14H2,(H,25,29,30). The normalized spacial score (nSPS) is 23.6. The van der Waals surface area contributed by atoms with Gasteiger partial charge in [-0.15, -0.1) is 0 Å². The highest BCUT2D eigenvalue weighted by Crippen LogP contribution is 2.27. The van der Waals surface area contributed by atoms with Gasteiger partial charge < -0.3 is 14.6 Å². The highest BCUT2D eigenvalue weighted by molar-refractivity contribution is 6.00. The number of aromatic nitrogens is 1. The van der Waals surface area contributed by atoms with Gasteiger partial charge in [0.25, 0.3) is 0 Å². The number of piperidine rings is 2. The van der Waals surface area contributed by atoms with Crippen LogP contribution in [0.25, 0.3) is 11.1 Å². The van der Waals surface area contributed by atoms with E-state index < -0.39 is 17.7 Å². The summed E-state index contributed by atoms with van der Waals surface area (Å²) in [6, 6.07) is 5.02. The molecule has 2 N–H and O–H groups in total. The molecule has 9 nitrogen and oxygen atoms in total. The van der Waals surface area contributed by atoms with E-state index >= 15 is 0 Å². The van der Waals surface area contributed by atoms with Crippen molar-refractivity contribution < 1.29 is 14.0 Å². The lowest BCUT2D eigenvalue weighted by atomic mass is 9.94. The maximum atomic E-state index is 12.5. The number of nitrogens with zero attached hydrogens (tertiary/aromatic N) is 3. The molecule has 1 unspecified atom stereocenters. The third kappa shape index (κ3) is 4.31. The minimum atomic E-state index is -0.712. The first-order chi connectivity index (χ1) is 15.6. The molecule has 3 aliphatic rings. The van der Waals surface area contributed by atoms with E-state index in [1.807, 2.05) is 18.2 Å². The Hall–Kier alpha value is -2.65. The first-order valence-corrected chi connectivity index (χ1v) is 11.8. The van der Waals surface area contributed by atoms with Crippen LogP contribution < -0.4 is 21.3 Å². The first-order valence-electron chi connectivity index (χ1n) is 11.8. The first kappa shape index (κ1) is 21.2. The van der Waals surface area contributed by atoms with E-state index in [1.165, 1.54) is 30.4 Å². The Bertz CT molecular complexity index is 1050. The Kier molecular flexibility index (Phi) is 6.01. The molecule has 1 aromatic carbocycles. The van der Waals surface area contributed by atoms with Crippen molar-refractivity contribution in [1.82, 2.24) is 20.1 Å². The second-order valence-electron chi connectivity index (χ2n) is 9.17. The van der Waals surface area contributed by atoms with Crippen molar-refractivity contribution in [3.8, 4) is 0 Å². The lowest BCUT2D eigenvalue weighted by molar-refractivity contribution is -0.135. The van der Waals surface area contributed by atoms with Crippen LogP contribution in [0.1, 0.15) is 38.1 Å². The molecule has 0 bridgehead atoms. The maximum Gasteiger partial charge on any atom is 0.420 e. The Labute approximate surface area is 186 Å². The summed E-state index contributed by atoms with van der Waals surface area (Å²) in [7, 11) is 0. The molecule has 3 saturated heterocycles. The third-order valence-corrected chi connectivity index (χ3v) is 7.17. The number of carbonyl (C=O) groups is 2. The van der Waals surface area contributed by atoms with Crippen LogP contribution in [-0.4, -0.2) is 67.1 Å². The fourth-order valence-electron chi connectivity index (χ4n) is 5.21. The summed E-state index contributed by atoms with van der Waals surface area (Å²) in [5, 5.41) is 5.75. The van der Waals surface area contributed by atoms with Gasteiger partial charge in [-0.05, 0) is 63.4 Å². The molecule has 172 valence electrons. The summed E-state index contributed by atoms with van der Waals surface area (Å²) >= 11 is 0. The number of benzene rings is 1. The minimum absolute atomic E-state index is 0.218. The Morgan fingerprint density at radius 2 is 1.78 bits per heavy atom. The number of imide groups is 1. The predicted molar refractivity (Wildman–Crippen MR) is 121 cm³/mol. The van der Waals surface area contributed by atoms with Gasteiger partial charge in [-0.2, -0.15) is 0 Å². The topological polar surface area (TPSA) is 99.8 Å². The molecule has 0 saturated carbocycles. The van der Waals surface area contributed by atoms with Crippen LogP contribution in [0.3, 0.4) is 0 Å². The van der Waals surface area contributed by atoms with Crippen molar-refractivity contribution in [2.24, 2.45) is 5.92 Å². The molecule has 1 aromatic heterocycles. The average Bonchev–Trinajstić information content (AvgIpc) is 3.13. The fourth-order valence-corrected chi connectivity index (χ4v) is 5.21. The van der Waals surface area contributed by atoms with E-state index in [2.05, 4.69) is 20.4 Å². The van der Waals surface area contributed by atoms with Gasteiger partial charge in [0.15, 0.2) is 5.58 Å². The van der Waals surface area contributed by atoms with Crippen LogP contribution in [0.15, 0.2) is 27.4 Å². The van der Waals surface area contributed by atoms with Crippen LogP contribution in [-0.2, 0) is 9.59 Å². The average molecular weight is 442 g/mol. The van der Waals surface area contributed by atoms with Crippen molar-refractivity contribution in [3.05, 3.63) is 28.7 Å². The maximum absolute atomic E-state index is 12.5. The smallest absolute Gasteiger partial charge is 0.408 e. The zero-order chi connectivity index (χ0) is 22.1. The molecule has 9 heteroatoms. The van der Waals surface area contributed by atoms with Gasteiger partial charge in [-0.3, -0.25) is 24.4 Å². The molecule has 1 atom stereocenters. The number of piperazine rings is 1. The molecule has 0 aliphatic carbocycles. The van der Waals surface area contributed by atoms with Crippen LogP contribution in [0.5, 0.6) is 0 Å². The second kappa shape index (κ2) is 9.07. The Morgan fingerprint density at radius 3 is 2.53 bits per heavy atom. The summed E-state index contributed by atoms with van der Waals surface area (Å²) in [6.45, 7) is 7.42. The summed E-state index contributed by atoms with van der Waals surface area (Å²) in [6.07, 6.45) is 4.40. The quantitative estimate of drug-likeness (QED) is 0.670. The number of amides is 2. The summed E-state index contributed by atoms with van der Waals surface area (Å²) in [4.78, 5) is 41.1. The van der Waals surface area contributed by atoms with E-state index in [1.54, 1.807) is 0 Å². The zero-order valence-corrected chi connectivity index (χ0v) is 18.3. The molecule has 5 rings (SSSR count). The summed E-state index contributed by atoms with van der Waals surface area (Å²) < 4.78 is 6.86. The molecule has 3 fully saturated rings. The molecule has 3 aliphatic heterocycles. The van der Waals surface area contributed by atoms with Crippen LogP contribution in [0.4, 0.5) is 5.69 Å². The highest BCUT2D eigenvalue weighted by atomic mass is 16.4. The van der Waals surface area contributed by atoms with E-state index in [0.29, 0.717) is 17.5 Å². The lowest BCUT2D eigenvalue weighted by Crippen LogP contribution is -2.47. The number of anilines is 1.